The van der Waals surface area contributed by atoms with Gasteiger partial charge in [0.2, 0.25) is 0 Å². The molecular weight excluding hydrogens is 244 g/mol. The molecule has 3 aromatic rings. The number of aromatic nitrogens is 2. The van der Waals surface area contributed by atoms with Crippen LogP contribution in [0.25, 0.3) is 11.1 Å². The minimum absolute atomic E-state index is 0.641. The summed E-state index contributed by atoms with van der Waals surface area (Å²) >= 11 is 0. The van der Waals surface area contributed by atoms with E-state index in [1.165, 1.54) is 6.39 Å². The summed E-state index contributed by atoms with van der Waals surface area (Å²) in [5.41, 5.74) is 2.64. The third-order valence-electron chi connectivity index (χ3n) is 2.97. The summed E-state index contributed by atoms with van der Waals surface area (Å²) in [6.07, 6.45) is 4.51. The average Bonchev–Trinajstić information content (AvgIpc) is 2.87. The zero-order valence-electron chi connectivity index (χ0n) is 9.85. The third kappa shape index (κ3) is 2.06. The molecule has 0 aliphatic rings. The van der Waals surface area contributed by atoms with Crippen LogP contribution in [0.3, 0.4) is 0 Å². The Kier molecular flexibility index (Phi) is 2.72. The van der Waals surface area contributed by atoms with Crippen LogP contribution >= 0.6 is 0 Å². The van der Waals surface area contributed by atoms with Crippen LogP contribution in [0, 0.1) is 0 Å². The Hall–Kier alpha value is -2.69. The average molecular weight is 254 g/mol. The van der Waals surface area contributed by atoms with Crippen molar-refractivity contribution in [1.82, 2.24) is 9.97 Å². The molecule has 0 amide bonds. The van der Waals surface area contributed by atoms with Gasteiger partial charge in [0.25, 0.3) is 0 Å². The van der Waals surface area contributed by atoms with Gasteiger partial charge in [-0.15, -0.1) is 0 Å². The highest BCUT2D eigenvalue weighted by atomic mass is 16.4. The van der Waals surface area contributed by atoms with E-state index in [2.05, 4.69) is 9.97 Å². The summed E-state index contributed by atoms with van der Waals surface area (Å²) in [6.45, 7) is 0. The minimum Gasteiger partial charge on any atom is -0.481 e. The lowest BCUT2D eigenvalue weighted by atomic mass is 9.92. The van der Waals surface area contributed by atoms with Crippen molar-refractivity contribution in [2.24, 2.45) is 0 Å². The Morgan fingerprint density at radius 2 is 1.95 bits per heavy atom. The third-order valence-corrected chi connectivity index (χ3v) is 2.97. The number of carboxylic acid groups (broad SMARTS) is 1. The summed E-state index contributed by atoms with van der Waals surface area (Å²) < 4.78 is 5.15. The van der Waals surface area contributed by atoms with Crippen LogP contribution in [-0.4, -0.2) is 21.0 Å². The Morgan fingerprint density at radius 3 is 2.68 bits per heavy atom. The number of nitrogens with zero attached hydrogens (tertiary/aromatic N) is 2. The van der Waals surface area contributed by atoms with Gasteiger partial charge in [0.05, 0.1) is 0 Å². The van der Waals surface area contributed by atoms with Crippen LogP contribution in [0.5, 0.6) is 0 Å². The summed E-state index contributed by atoms with van der Waals surface area (Å²) in [7, 11) is 0. The Labute approximate surface area is 108 Å². The topological polar surface area (TPSA) is 76.2 Å². The first kappa shape index (κ1) is 11.4. The number of benzene rings is 1. The van der Waals surface area contributed by atoms with Crippen molar-refractivity contribution in [2.45, 2.75) is 5.92 Å². The smallest absolute Gasteiger partial charge is 0.315 e. The number of hydrogen-bond donors (Lipinski definition) is 1. The van der Waals surface area contributed by atoms with Crippen molar-refractivity contribution < 1.29 is 14.3 Å². The van der Waals surface area contributed by atoms with Crippen LogP contribution in [-0.2, 0) is 4.79 Å². The van der Waals surface area contributed by atoms with Gasteiger partial charge in [-0.25, -0.2) is 4.98 Å². The molecule has 1 N–H and O–H groups in total. The lowest BCUT2D eigenvalue weighted by molar-refractivity contribution is -0.137. The fourth-order valence-corrected chi connectivity index (χ4v) is 2.09. The van der Waals surface area contributed by atoms with E-state index in [0.717, 1.165) is 0 Å². The van der Waals surface area contributed by atoms with E-state index in [1.54, 1.807) is 42.7 Å². The molecule has 19 heavy (non-hydrogen) atoms. The van der Waals surface area contributed by atoms with Gasteiger partial charge in [-0.1, -0.05) is 6.07 Å². The quantitative estimate of drug-likeness (QED) is 0.776. The highest BCUT2D eigenvalue weighted by Gasteiger charge is 2.22. The zero-order valence-corrected chi connectivity index (χ0v) is 9.85. The fraction of sp³-hybridized carbons (Fsp3) is 0.0714. The number of carbonyl (C=O) groups is 1. The lowest BCUT2D eigenvalue weighted by Gasteiger charge is -2.12. The van der Waals surface area contributed by atoms with Crippen LogP contribution in [0.2, 0.25) is 0 Å². The number of hydrogen-bond acceptors (Lipinski definition) is 4. The maximum absolute atomic E-state index is 11.5. The molecule has 1 aromatic carbocycles. The predicted octanol–water partition coefficient (Wildman–Crippen LogP) is 2.44. The van der Waals surface area contributed by atoms with Crippen molar-refractivity contribution >= 4 is 17.1 Å². The van der Waals surface area contributed by atoms with E-state index in [4.69, 9.17) is 4.42 Å². The molecule has 5 heteroatoms. The van der Waals surface area contributed by atoms with Crippen LogP contribution in [0.15, 0.2) is 53.5 Å². The van der Waals surface area contributed by atoms with Crippen molar-refractivity contribution in [3.8, 4) is 0 Å². The molecule has 0 spiro atoms. The molecule has 1 atom stereocenters. The molecule has 0 fully saturated rings. The van der Waals surface area contributed by atoms with E-state index in [9.17, 15) is 9.90 Å². The first-order chi connectivity index (χ1) is 9.25. The highest BCUT2D eigenvalue weighted by Crippen LogP contribution is 2.27. The van der Waals surface area contributed by atoms with Gasteiger partial charge in [0, 0.05) is 12.4 Å². The SMILES string of the molecule is O=C(O)C(c1ccncc1)c1ccc2ocnc2c1. The molecule has 1 unspecified atom stereocenters. The summed E-state index contributed by atoms with van der Waals surface area (Å²) in [5, 5.41) is 9.44. The summed E-state index contributed by atoms with van der Waals surface area (Å²) in [6, 6.07) is 8.61. The Morgan fingerprint density at radius 1 is 1.16 bits per heavy atom. The molecule has 5 nitrogen and oxygen atoms in total. The standard InChI is InChI=1S/C14H10N2O3/c17-14(18)13(9-3-5-15-6-4-9)10-1-2-12-11(7-10)16-8-19-12/h1-8,13H,(H,17,18). The zero-order chi connectivity index (χ0) is 13.2. The van der Waals surface area contributed by atoms with Gasteiger partial charge in [0.15, 0.2) is 12.0 Å². The molecule has 3 rings (SSSR count). The largest absolute Gasteiger partial charge is 0.481 e. The number of pyridine rings is 1. The molecule has 2 heterocycles. The second-order valence-corrected chi connectivity index (χ2v) is 4.13. The van der Waals surface area contributed by atoms with Crippen molar-refractivity contribution in [3.63, 3.8) is 0 Å². The minimum atomic E-state index is -0.908. The van der Waals surface area contributed by atoms with Gasteiger partial charge >= 0.3 is 5.97 Å². The lowest BCUT2D eigenvalue weighted by Crippen LogP contribution is -2.13. The van der Waals surface area contributed by atoms with Gasteiger partial charge < -0.3 is 9.52 Å². The molecule has 0 radical (unpaired) electrons. The van der Waals surface area contributed by atoms with Crippen molar-refractivity contribution in [2.75, 3.05) is 0 Å². The number of aliphatic carboxylic acids is 1. The molecule has 0 aliphatic carbocycles. The molecule has 2 aromatic heterocycles. The van der Waals surface area contributed by atoms with E-state index in [0.29, 0.717) is 22.2 Å². The molecule has 0 saturated heterocycles. The fourth-order valence-electron chi connectivity index (χ4n) is 2.09. The number of carboxylic acids is 1. The van der Waals surface area contributed by atoms with E-state index >= 15 is 0 Å². The van der Waals surface area contributed by atoms with Gasteiger partial charge in [-0.05, 0) is 35.4 Å². The number of oxazole rings is 1. The van der Waals surface area contributed by atoms with Crippen molar-refractivity contribution in [1.29, 1.82) is 0 Å². The first-order valence-electron chi connectivity index (χ1n) is 5.71. The molecule has 0 saturated carbocycles. The molecule has 94 valence electrons. The normalized spacial score (nSPS) is 12.4. The Balaban J connectivity index is 2.12. The maximum Gasteiger partial charge on any atom is 0.315 e. The van der Waals surface area contributed by atoms with Gasteiger partial charge in [0.1, 0.15) is 11.4 Å². The van der Waals surface area contributed by atoms with E-state index < -0.39 is 11.9 Å². The van der Waals surface area contributed by atoms with Crippen molar-refractivity contribution in [3.05, 3.63) is 60.2 Å². The second-order valence-electron chi connectivity index (χ2n) is 4.13. The number of rotatable bonds is 3. The summed E-state index contributed by atoms with van der Waals surface area (Å²) in [4.78, 5) is 19.5. The van der Waals surface area contributed by atoms with Crippen LogP contribution in [0.1, 0.15) is 17.0 Å². The van der Waals surface area contributed by atoms with Crippen LogP contribution in [0.4, 0.5) is 0 Å². The molecule has 0 aliphatic heterocycles. The van der Waals surface area contributed by atoms with Gasteiger partial charge in [-0.3, -0.25) is 9.78 Å². The first-order valence-corrected chi connectivity index (χ1v) is 5.71. The van der Waals surface area contributed by atoms with E-state index in [-0.39, 0.29) is 0 Å². The monoisotopic (exact) mass is 254 g/mol. The maximum atomic E-state index is 11.5. The van der Waals surface area contributed by atoms with Crippen LogP contribution < -0.4 is 0 Å². The molecule has 0 bridgehead atoms. The Bertz CT molecular complexity index is 722. The van der Waals surface area contributed by atoms with E-state index in [1.807, 2.05) is 0 Å². The van der Waals surface area contributed by atoms with Gasteiger partial charge in [-0.2, -0.15) is 0 Å². The molecular formula is C14H10N2O3. The summed E-state index contributed by atoms with van der Waals surface area (Å²) in [5.74, 6) is -1.64. The number of fused-ring (bicyclic) bond motifs is 1. The highest BCUT2D eigenvalue weighted by molar-refractivity contribution is 5.83. The second kappa shape index (κ2) is 4.53. The predicted molar refractivity (Wildman–Crippen MR) is 67.7 cm³/mol.